The van der Waals surface area contributed by atoms with Gasteiger partial charge in [0.05, 0.1) is 0 Å². The highest BCUT2D eigenvalue weighted by atomic mass is 127. The van der Waals surface area contributed by atoms with Crippen molar-refractivity contribution in [3.8, 4) is 0 Å². The molecule has 0 heterocycles. The van der Waals surface area contributed by atoms with Crippen LogP contribution in [-0.2, 0) is 12.8 Å². The third-order valence-electron chi connectivity index (χ3n) is 5.22. The van der Waals surface area contributed by atoms with Crippen LogP contribution in [0, 0.1) is 0 Å². The highest BCUT2D eigenvalue weighted by Gasteiger charge is 2.16. The Morgan fingerprint density at radius 3 is 2.23 bits per heavy atom. The van der Waals surface area contributed by atoms with E-state index in [1.54, 1.807) is 0 Å². The molecule has 0 radical (unpaired) electrons. The second kappa shape index (κ2) is 10.1. The van der Waals surface area contributed by atoms with E-state index in [-0.39, 0.29) is 24.0 Å². The van der Waals surface area contributed by atoms with Crippen LogP contribution in [0.2, 0.25) is 0 Å². The first-order valence-corrected chi connectivity index (χ1v) is 9.41. The number of hydrogen-bond acceptors (Lipinski definition) is 1. The molecular weight excluding hydrogens is 429 g/mol. The zero-order chi connectivity index (χ0) is 17.6. The number of hydrogen-bond donors (Lipinski definition) is 0. The molecule has 0 spiro atoms. The highest BCUT2D eigenvalue weighted by molar-refractivity contribution is 14.0. The second-order valence-electron chi connectivity index (χ2n) is 7.06. The lowest BCUT2D eigenvalue weighted by Gasteiger charge is -2.27. The summed E-state index contributed by atoms with van der Waals surface area (Å²) in [6.07, 6.45) is 4.63. The Morgan fingerprint density at radius 2 is 1.46 bits per heavy atom. The Balaban J connectivity index is 0.00000243. The van der Waals surface area contributed by atoms with E-state index in [9.17, 15) is 0 Å². The van der Waals surface area contributed by atoms with Crippen molar-refractivity contribution in [1.29, 1.82) is 0 Å². The van der Waals surface area contributed by atoms with Gasteiger partial charge in [-0.15, -0.1) is 24.0 Å². The van der Waals surface area contributed by atoms with Gasteiger partial charge in [0, 0.05) is 6.04 Å². The highest BCUT2D eigenvalue weighted by Crippen LogP contribution is 2.28. The Labute approximate surface area is 175 Å². The Bertz CT molecular complexity index is 820. The smallest absolute Gasteiger partial charge is 0.0344 e. The van der Waals surface area contributed by atoms with Crippen molar-refractivity contribution in [2.45, 2.75) is 38.6 Å². The average Bonchev–Trinajstić information content (AvgIpc) is 2.65. The lowest BCUT2D eigenvalue weighted by molar-refractivity contribution is 0.278. The number of benzene rings is 3. The van der Waals surface area contributed by atoms with E-state index in [1.807, 2.05) is 0 Å². The number of fused-ring (bicyclic) bond motifs is 1. The van der Waals surface area contributed by atoms with Gasteiger partial charge in [0.2, 0.25) is 0 Å². The fourth-order valence-electron chi connectivity index (χ4n) is 3.87. The third-order valence-corrected chi connectivity index (χ3v) is 5.22. The van der Waals surface area contributed by atoms with Gasteiger partial charge < -0.3 is 4.90 Å². The molecule has 0 aliphatic carbocycles. The van der Waals surface area contributed by atoms with Gasteiger partial charge in [-0.05, 0) is 67.2 Å². The topological polar surface area (TPSA) is 3.24 Å². The van der Waals surface area contributed by atoms with Crippen molar-refractivity contribution in [3.63, 3.8) is 0 Å². The first kappa shape index (κ1) is 20.9. The maximum absolute atomic E-state index is 2.37. The summed E-state index contributed by atoms with van der Waals surface area (Å²) in [5.74, 6) is 0. The summed E-state index contributed by atoms with van der Waals surface area (Å²) in [4.78, 5) is 2.37. The van der Waals surface area contributed by atoms with Crippen molar-refractivity contribution in [1.82, 2.24) is 4.90 Å². The van der Waals surface area contributed by atoms with Crippen LogP contribution in [0.1, 0.15) is 42.5 Å². The molecule has 26 heavy (non-hydrogen) atoms. The van der Waals surface area contributed by atoms with Crippen LogP contribution in [0.5, 0.6) is 0 Å². The van der Waals surface area contributed by atoms with Crippen molar-refractivity contribution < 1.29 is 0 Å². The van der Waals surface area contributed by atoms with Gasteiger partial charge in [-0.2, -0.15) is 0 Å². The van der Waals surface area contributed by atoms with Crippen LogP contribution in [0.15, 0.2) is 66.7 Å². The summed E-state index contributed by atoms with van der Waals surface area (Å²) in [5, 5.41) is 2.75. The maximum Gasteiger partial charge on any atom is 0.0344 e. The number of rotatable bonds is 7. The van der Waals surface area contributed by atoms with Gasteiger partial charge in [-0.3, -0.25) is 0 Å². The molecule has 3 aromatic rings. The molecule has 0 fully saturated rings. The summed E-state index contributed by atoms with van der Waals surface area (Å²) in [7, 11) is 4.41. The van der Waals surface area contributed by atoms with E-state index >= 15 is 0 Å². The SMILES string of the molecule is CCc1ccccc1C(CCCc1cccc2ccccc12)N(C)C.I. The predicted molar refractivity (Wildman–Crippen MR) is 125 cm³/mol. The summed E-state index contributed by atoms with van der Waals surface area (Å²) < 4.78 is 0. The first-order valence-electron chi connectivity index (χ1n) is 9.41. The van der Waals surface area contributed by atoms with Gasteiger partial charge in [-0.1, -0.05) is 73.7 Å². The molecule has 0 aliphatic rings. The van der Waals surface area contributed by atoms with E-state index in [0.717, 1.165) is 12.8 Å². The molecule has 1 nitrogen and oxygen atoms in total. The van der Waals surface area contributed by atoms with E-state index < -0.39 is 0 Å². The van der Waals surface area contributed by atoms with Crippen LogP contribution < -0.4 is 0 Å². The molecule has 0 aliphatic heterocycles. The fourth-order valence-corrected chi connectivity index (χ4v) is 3.87. The third kappa shape index (κ3) is 4.86. The molecule has 0 bridgehead atoms. The van der Waals surface area contributed by atoms with E-state index in [2.05, 4.69) is 92.6 Å². The Hall–Kier alpha value is -1.39. The standard InChI is InChI=1S/C24H29N.HI/c1-4-19-11-5-8-17-23(19)24(25(2)3)18-10-15-21-14-9-13-20-12-6-7-16-22(20)21;/h5-9,11-14,16-17,24H,4,10,15,18H2,1-3H3;1H. The molecule has 0 saturated carbocycles. The zero-order valence-electron chi connectivity index (χ0n) is 16.1. The number of aryl methyl sites for hydroxylation is 2. The Morgan fingerprint density at radius 1 is 0.808 bits per heavy atom. The molecule has 1 unspecified atom stereocenters. The summed E-state index contributed by atoms with van der Waals surface area (Å²) in [6, 6.07) is 24.8. The van der Waals surface area contributed by atoms with Gasteiger partial charge in [0.1, 0.15) is 0 Å². The molecule has 1 atom stereocenters. The van der Waals surface area contributed by atoms with Crippen molar-refractivity contribution in [3.05, 3.63) is 83.4 Å². The quantitative estimate of drug-likeness (QED) is 0.358. The molecular formula is C24H30IN. The van der Waals surface area contributed by atoms with Crippen LogP contribution in [0.3, 0.4) is 0 Å². The van der Waals surface area contributed by atoms with Crippen LogP contribution in [-0.4, -0.2) is 19.0 Å². The minimum absolute atomic E-state index is 0. The minimum atomic E-state index is 0. The number of halogens is 1. The van der Waals surface area contributed by atoms with Crippen molar-refractivity contribution in [2.24, 2.45) is 0 Å². The molecule has 3 aromatic carbocycles. The van der Waals surface area contributed by atoms with Crippen LogP contribution in [0.4, 0.5) is 0 Å². The lowest BCUT2D eigenvalue weighted by Crippen LogP contribution is -2.21. The largest absolute Gasteiger partial charge is 0.302 e. The molecule has 3 rings (SSSR count). The summed E-state index contributed by atoms with van der Waals surface area (Å²) >= 11 is 0. The Kier molecular flexibility index (Phi) is 8.11. The van der Waals surface area contributed by atoms with Gasteiger partial charge >= 0.3 is 0 Å². The van der Waals surface area contributed by atoms with Gasteiger partial charge in [0.15, 0.2) is 0 Å². The maximum atomic E-state index is 2.37. The van der Waals surface area contributed by atoms with Crippen molar-refractivity contribution in [2.75, 3.05) is 14.1 Å². The van der Waals surface area contributed by atoms with Gasteiger partial charge in [0.25, 0.3) is 0 Å². The van der Waals surface area contributed by atoms with Gasteiger partial charge in [-0.25, -0.2) is 0 Å². The predicted octanol–water partition coefficient (Wildman–Crippen LogP) is 6.65. The molecule has 2 heteroatoms. The minimum Gasteiger partial charge on any atom is -0.302 e. The number of nitrogens with zero attached hydrogens (tertiary/aromatic N) is 1. The normalized spacial score (nSPS) is 12.2. The van der Waals surface area contributed by atoms with Crippen LogP contribution >= 0.6 is 24.0 Å². The van der Waals surface area contributed by atoms with Crippen LogP contribution in [0.25, 0.3) is 10.8 Å². The first-order chi connectivity index (χ1) is 12.2. The van der Waals surface area contributed by atoms with E-state index in [4.69, 9.17) is 0 Å². The molecule has 0 amide bonds. The fraction of sp³-hybridized carbons (Fsp3) is 0.333. The van der Waals surface area contributed by atoms with E-state index in [1.165, 1.54) is 40.3 Å². The molecule has 138 valence electrons. The monoisotopic (exact) mass is 459 g/mol. The zero-order valence-corrected chi connectivity index (χ0v) is 18.4. The molecule has 0 saturated heterocycles. The van der Waals surface area contributed by atoms with E-state index in [0.29, 0.717) is 6.04 Å². The van der Waals surface area contributed by atoms with Crippen molar-refractivity contribution >= 4 is 34.7 Å². The second-order valence-corrected chi connectivity index (χ2v) is 7.06. The average molecular weight is 459 g/mol. The summed E-state index contributed by atoms with van der Waals surface area (Å²) in [6.45, 7) is 2.25. The molecule has 0 aromatic heterocycles. The molecule has 0 N–H and O–H groups in total. The summed E-state index contributed by atoms with van der Waals surface area (Å²) in [5.41, 5.74) is 4.44. The lowest BCUT2D eigenvalue weighted by atomic mass is 9.92.